The molecule has 0 aliphatic carbocycles. The van der Waals surface area contributed by atoms with Crippen molar-refractivity contribution in [2.75, 3.05) is 52.4 Å². The molecule has 8 rings (SSSR count). The van der Waals surface area contributed by atoms with Crippen molar-refractivity contribution >= 4 is 28.9 Å². The lowest BCUT2D eigenvalue weighted by Crippen LogP contribution is -2.55. The molecule has 0 unspecified atom stereocenters. The Morgan fingerprint density at radius 2 is 1.77 bits per heavy atom. The second-order valence-electron chi connectivity index (χ2n) is 15.6. The van der Waals surface area contributed by atoms with E-state index in [-0.39, 0.29) is 29.3 Å². The molecule has 3 aromatic carbocycles. The Bertz CT molecular complexity index is 2070. The van der Waals surface area contributed by atoms with Gasteiger partial charge in [0.25, 0.3) is 0 Å². The smallest absolute Gasteiger partial charge is 0.317 e. The van der Waals surface area contributed by atoms with Crippen molar-refractivity contribution in [1.82, 2.24) is 20.1 Å². The van der Waals surface area contributed by atoms with E-state index >= 15 is 0 Å². The number of aromatic amines is 1. The molecule has 0 spiro atoms. The van der Waals surface area contributed by atoms with Crippen LogP contribution in [0.3, 0.4) is 0 Å². The van der Waals surface area contributed by atoms with Crippen molar-refractivity contribution in [2.24, 2.45) is 5.92 Å². The summed E-state index contributed by atoms with van der Waals surface area (Å²) in [5.41, 5.74) is 2.79. The zero-order valence-electron chi connectivity index (χ0n) is 32.3. The van der Waals surface area contributed by atoms with Crippen LogP contribution < -0.4 is 15.6 Å². The molecule has 4 fully saturated rings. The molecule has 0 radical (unpaired) electrons. The van der Waals surface area contributed by atoms with Gasteiger partial charge < -0.3 is 34.9 Å². The Hall–Kier alpha value is -4.97. The van der Waals surface area contributed by atoms with Crippen molar-refractivity contribution in [3.63, 3.8) is 0 Å². The van der Waals surface area contributed by atoms with Gasteiger partial charge in [0.2, 0.25) is 11.5 Å². The molecule has 2 bridgehead atoms. The molecule has 296 valence electrons. The molecule has 4 aliphatic heterocycles. The summed E-state index contributed by atoms with van der Waals surface area (Å²) in [5.74, 6) is 1.02. The van der Waals surface area contributed by atoms with Crippen LogP contribution >= 0.6 is 0 Å². The summed E-state index contributed by atoms with van der Waals surface area (Å²) in [6.45, 7) is 7.65. The lowest BCUT2D eigenvalue weighted by atomic mass is 9.72. The largest absolute Gasteiger partial charge is 0.506 e. The number of esters is 1. The maximum absolute atomic E-state index is 14.0. The highest BCUT2D eigenvalue weighted by molar-refractivity contribution is 5.92. The molecule has 2 atom stereocenters. The maximum Gasteiger partial charge on any atom is 0.317 e. The first-order chi connectivity index (χ1) is 27.2. The molecular weight excluding hydrogens is 709 g/mol. The average Bonchev–Trinajstić information content (AvgIpc) is 3.22. The number of nitrogens with one attached hydrogen (secondary N) is 2. The number of ether oxygens (including phenoxy) is 2. The van der Waals surface area contributed by atoms with Crippen LogP contribution in [0.1, 0.15) is 73.3 Å². The number of phenolic OH excluding ortho intramolecular Hbond substituents is 1. The molecule has 4 saturated heterocycles. The monoisotopic (exact) mass is 762 g/mol. The van der Waals surface area contributed by atoms with E-state index in [1.165, 1.54) is 12.1 Å². The Kier molecular flexibility index (Phi) is 12.5. The lowest BCUT2D eigenvalue weighted by Gasteiger charge is -2.46. The molecule has 4 N–H and O–H groups in total. The number of unbranched alkanes of at least 4 members (excludes halogenated alkanes) is 2. The third kappa shape index (κ3) is 9.01. The first kappa shape index (κ1) is 39.3. The van der Waals surface area contributed by atoms with E-state index in [4.69, 9.17) is 9.47 Å². The van der Waals surface area contributed by atoms with E-state index in [0.717, 1.165) is 80.7 Å². The van der Waals surface area contributed by atoms with E-state index in [1.807, 2.05) is 66.4 Å². The predicted octanol–water partition coefficient (Wildman–Crippen LogP) is 5.63. The van der Waals surface area contributed by atoms with E-state index in [1.54, 1.807) is 18.2 Å². The van der Waals surface area contributed by atoms with E-state index in [9.17, 15) is 24.6 Å². The number of hydrogen-bond donors (Lipinski definition) is 4. The molecular formula is C45H54N4O7. The number of H-pyrrole nitrogens is 1. The number of aromatic nitrogens is 1. The zero-order valence-corrected chi connectivity index (χ0v) is 32.3. The van der Waals surface area contributed by atoms with E-state index < -0.39 is 11.5 Å². The number of fused-ring (bicyclic) bond motifs is 4. The maximum atomic E-state index is 14.0. The summed E-state index contributed by atoms with van der Waals surface area (Å²) in [6.07, 6.45) is 8.63. The fourth-order valence-corrected chi connectivity index (χ4v) is 8.59. The van der Waals surface area contributed by atoms with Gasteiger partial charge in [-0.15, -0.1) is 0 Å². The van der Waals surface area contributed by atoms with Crippen molar-refractivity contribution in [2.45, 2.75) is 69.5 Å². The molecule has 1 amide bonds. The van der Waals surface area contributed by atoms with Crippen LogP contribution in [0.25, 0.3) is 17.0 Å². The van der Waals surface area contributed by atoms with Crippen molar-refractivity contribution in [1.29, 1.82) is 0 Å². The highest BCUT2D eigenvalue weighted by Crippen LogP contribution is 2.39. The van der Waals surface area contributed by atoms with E-state index in [0.29, 0.717) is 61.5 Å². The number of aliphatic hydroxyl groups is 1. The fourth-order valence-electron chi connectivity index (χ4n) is 8.59. The van der Waals surface area contributed by atoms with Crippen LogP contribution in [0.15, 0.2) is 83.7 Å². The van der Waals surface area contributed by atoms with Gasteiger partial charge in [-0.1, -0.05) is 42.5 Å². The third-order valence-corrected chi connectivity index (χ3v) is 12.0. The van der Waals surface area contributed by atoms with Crippen LogP contribution in [-0.4, -0.2) is 95.4 Å². The number of rotatable bonds is 15. The summed E-state index contributed by atoms with van der Waals surface area (Å²) in [5, 5.41) is 24.7. The predicted molar refractivity (Wildman–Crippen MR) is 217 cm³/mol. The fraction of sp³-hybridized carbons (Fsp3) is 0.444. The number of benzene rings is 3. The molecule has 11 nitrogen and oxygen atoms in total. The number of aromatic hydroxyl groups is 1. The second-order valence-corrected chi connectivity index (χ2v) is 15.6. The Morgan fingerprint density at radius 3 is 2.50 bits per heavy atom. The van der Waals surface area contributed by atoms with Gasteiger partial charge in [-0.05, 0) is 130 Å². The first-order valence-electron chi connectivity index (χ1n) is 20.1. The number of piperidine rings is 4. The molecule has 11 heteroatoms. The second kappa shape index (κ2) is 17.9. The van der Waals surface area contributed by atoms with Gasteiger partial charge in [-0.3, -0.25) is 19.3 Å². The Morgan fingerprint density at radius 1 is 0.982 bits per heavy atom. The lowest BCUT2D eigenvalue weighted by molar-refractivity contribution is -0.168. The molecule has 1 aromatic heterocycles. The summed E-state index contributed by atoms with van der Waals surface area (Å²) < 4.78 is 12.4. The quantitative estimate of drug-likeness (QED) is 0.0689. The third-order valence-electron chi connectivity index (χ3n) is 12.0. The number of aryl methyl sites for hydroxylation is 1. The van der Waals surface area contributed by atoms with Crippen molar-refractivity contribution in [3.8, 4) is 11.5 Å². The summed E-state index contributed by atoms with van der Waals surface area (Å²) >= 11 is 0. The number of amides is 1. The number of aliphatic hydroxyl groups excluding tert-OH is 1. The number of phenols is 1. The van der Waals surface area contributed by atoms with Crippen LogP contribution in [0.2, 0.25) is 0 Å². The number of pyridine rings is 1. The molecule has 5 heterocycles. The average molecular weight is 763 g/mol. The topological polar surface area (TPSA) is 144 Å². The number of likely N-dealkylation sites (tertiary alicyclic amines) is 1. The van der Waals surface area contributed by atoms with Gasteiger partial charge >= 0.3 is 5.97 Å². The van der Waals surface area contributed by atoms with Crippen LogP contribution in [-0.2, 0) is 19.7 Å². The van der Waals surface area contributed by atoms with Gasteiger partial charge in [-0.25, -0.2) is 0 Å². The van der Waals surface area contributed by atoms with Crippen LogP contribution in [0.4, 0.5) is 0 Å². The number of nitrogens with zero attached hydrogens (tertiary/aromatic N) is 2. The van der Waals surface area contributed by atoms with Gasteiger partial charge in [0.15, 0.2) is 0 Å². The minimum atomic E-state index is -0.784. The van der Waals surface area contributed by atoms with Gasteiger partial charge in [-0.2, -0.15) is 0 Å². The number of carbonyl (C=O) groups excluding carboxylic acids is 2. The molecule has 0 saturated carbocycles. The Balaban J connectivity index is 0.831. The highest BCUT2D eigenvalue weighted by Gasteiger charge is 2.47. The highest BCUT2D eigenvalue weighted by atomic mass is 16.5. The van der Waals surface area contributed by atoms with Gasteiger partial charge in [0.05, 0.1) is 23.6 Å². The first-order valence-corrected chi connectivity index (χ1v) is 20.1. The van der Waals surface area contributed by atoms with Crippen LogP contribution in [0, 0.1) is 12.8 Å². The van der Waals surface area contributed by atoms with Crippen molar-refractivity contribution in [3.05, 3.63) is 111 Å². The summed E-state index contributed by atoms with van der Waals surface area (Å²) in [6, 6.07) is 22.0. The summed E-state index contributed by atoms with van der Waals surface area (Å²) in [7, 11) is 0. The van der Waals surface area contributed by atoms with E-state index in [2.05, 4.69) is 15.2 Å². The normalized spacial score (nSPS) is 21.0. The van der Waals surface area contributed by atoms with Crippen LogP contribution in [0.5, 0.6) is 11.5 Å². The summed E-state index contributed by atoms with van der Waals surface area (Å²) in [4.78, 5) is 45.8. The minimum absolute atomic E-state index is 0.0281. The van der Waals surface area contributed by atoms with Gasteiger partial charge in [0.1, 0.15) is 17.6 Å². The SMILES string of the molecule is Cc1cc(/C=C/C(=O)N2CCC(C(=O)O[C@H]3CN4CCC3CC4)(c3ccccc3)CC2)ccc1OCCCCCNC[C@H](O)c1ccc(O)c2[nH]c(=O)ccc12. The zero-order chi connectivity index (χ0) is 39.1. The van der Waals surface area contributed by atoms with Crippen molar-refractivity contribution < 1.29 is 29.3 Å². The minimum Gasteiger partial charge on any atom is -0.506 e. The molecule has 4 aliphatic rings. The molecule has 4 aromatic rings. The number of carbonyl (C=O) groups is 2. The van der Waals surface area contributed by atoms with Gasteiger partial charge in [0, 0.05) is 43.7 Å². The standard InChI is InChI=1S/C45H54N4O7/c1-31-28-32(10-15-39(31)55-27-7-3-6-22-46-29-38(51)35-12-14-37(50)43-36(35)13-16-41(52)47-43)11-17-42(53)49-25-20-45(21-26-49,34-8-4-2-5-9-34)44(54)56-40-30-48-23-18-33(40)19-24-48/h2,4-5,8-17,28,33,38,40,46,50-51H,3,6-7,18-27,29-30H2,1H3,(H,47,52)/b17-11+/t38-,40-/m0/s1. The number of hydrogen-bond acceptors (Lipinski definition) is 9. The molecule has 56 heavy (non-hydrogen) atoms. The Labute approximate surface area is 328 Å².